The van der Waals surface area contributed by atoms with Gasteiger partial charge in [0.1, 0.15) is 10.7 Å². The van der Waals surface area contributed by atoms with E-state index in [0.29, 0.717) is 12.2 Å². The molecule has 0 heterocycles. The van der Waals surface area contributed by atoms with E-state index in [9.17, 15) is 21.8 Å². The standard InChI is InChI=1S/C11H12BrClFNO4S2/c1-20(17)4-2-3-15-11(16)8-5-7(14)6-9(10(8)12)21(13,18)19/h5-6H,2-4H2,1H3,(H,15,16). The van der Waals surface area contributed by atoms with Crippen molar-refractivity contribution in [3.63, 3.8) is 0 Å². The van der Waals surface area contributed by atoms with Crippen molar-refractivity contribution >= 4 is 52.4 Å². The van der Waals surface area contributed by atoms with E-state index in [2.05, 4.69) is 21.2 Å². The lowest BCUT2D eigenvalue weighted by Crippen LogP contribution is -2.26. The summed E-state index contributed by atoms with van der Waals surface area (Å²) < 4.78 is 46.8. The van der Waals surface area contributed by atoms with E-state index in [1.165, 1.54) is 0 Å². The van der Waals surface area contributed by atoms with Gasteiger partial charge >= 0.3 is 0 Å². The molecule has 1 rings (SSSR count). The summed E-state index contributed by atoms with van der Waals surface area (Å²) >= 11 is 2.94. The molecule has 21 heavy (non-hydrogen) atoms. The van der Waals surface area contributed by atoms with Crippen molar-refractivity contribution in [2.75, 3.05) is 18.6 Å². The van der Waals surface area contributed by atoms with Gasteiger partial charge in [0.25, 0.3) is 15.0 Å². The van der Waals surface area contributed by atoms with Crippen LogP contribution in [-0.2, 0) is 19.9 Å². The van der Waals surface area contributed by atoms with E-state index in [1.54, 1.807) is 6.26 Å². The third kappa shape index (κ3) is 5.65. The number of halogens is 3. The smallest absolute Gasteiger partial charge is 0.262 e. The molecule has 1 unspecified atom stereocenters. The van der Waals surface area contributed by atoms with Crippen LogP contribution in [0.25, 0.3) is 0 Å². The van der Waals surface area contributed by atoms with Crippen molar-refractivity contribution in [2.24, 2.45) is 0 Å². The summed E-state index contributed by atoms with van der Waals surface area (Å²) in [5.41, 5.74) is -0.174. The van der Waals surface area contributed by atoms with Gasteiger partial charge in [-0.2, -0.15) is 0 Å². The van der Waals surface area contributed by atoms with E-state index in [0.717, 1.165) is 12.1 Å². The molecule has 1 aromatic carbocycles. The van der Waals surface area contributed by atoms with E-state index in [-0.39, 0.29) is 16.6 Å². The van der Waals surface area contributed by atoms with Crippen molar-refractivity contribution < 1.29 is 21.8 Å². The fourth-order valence-corrected chi connectivity index (χ4v) is 4.30. The molecule has 5 nitrogen and oxygen atoms in total. The first-order chi connectivity index (χ1) is 9.62. The quantitative estimate of drug-likeness (QED) is 0.564. The Balaban J connectivity index is 2.95. The van der Waals surface area contributed by atoms with Gasteiger partial charge < -0.3 is 5.32 Å². The summed E-state index contributed by atoms with van der Waals surface area (Å²) in [5, 5.41) is 2.49. The molecule has 0 aliphatic carbocycles. The second-order valence-electron chi connectivity index (χ2n) is 4.09. The average molecular weight is 421 g/mol. The summed E-state index contributed by atoms with van der Waals surface area (Å²) in [6.07, 6.45) is 2.03. The fourth-order valence-electron chi connectivity index (χ4n) is 1.48. The Morgan fingerprint density at radius 3 is 2.62 bits per heavy atom. The third-order valence-electron chi connectivity index (χ3n) is 2.41. The molecule has 1 amide bonds. The second kappa shape index (κ2) is 7.66. The number of hydrogen-bond acceptors (Lipinski definition) is 4. The number of benzene rings is 1. The molecule has 1 N–H and O–H groups in total. The molecular weight excluding hydrogens is 409 g/mol. The molecule has 0 saturated heterocycles. The third-order valence-corrected chi connectivity index (χ3v) is 5.73. The molecule has 0 aliphatic heterocycles. The number of carbonyl (C=O) groups is 1. The van der Waals surface area contributed by atoms with Crippen LogP contribution in [0.1, 0.15) is 16.8 Å². The minimum absolute atomic E-state index is 0.101. The number of hydrogen-bond donors (Lipinski definition) is 1. The van der Waals surface area contributed by atoms with Crippen LogP contribution in [0.4, 0.5) is 4.39 Å². The maximum Gasteiger partial charge on any atom is 0.262 e. The molecule has 0 aromatic heterocycles. The van der Waals surface area contributed by atoms with Gasteiger partial charge in [-0.3, -0.25) is 9.00 Å². The van der Waals surface area contributed by atoms with Gasteiger partial charge in [0.15, 0.2) is 0 Å². The van der Waals surface area contributed by atoms with Gasteiger partial charge in [0, 0.05) is 40.0 Å². The van der Waals surface area contributed by atoms with E-state index >= 15 is 0 Å². The van der Waals surface area contributed by atoms with Crippen molar-refractivity contribution in [1.29, 1.82) is 0 Å². The lowest BCUT2D eigenvalue weighted by Gasteiger charge is -2.09. The van der Waals surface area contributed by atoms with Crippen LogP contribution in [0.3, 0.4) is 0 Å². The summed E-state index contributed by atoms with van der Waals surface area (Å²) in [5.74, 6) is -1.12. The maximum absolute atomic E-state index is 13.4. The van der Waals surface area contributed by atoms with Crippen LogP contribution in [0, 0.1) is 5.82 Å². The van der Waals surface area contributed by atoms with Gasteiger partial charge in [0.05, 0.1) is 10.0 Å². The number of amides is 1. The molecule has 0 aliphatic rings. The number of rotatable bonds is 6. The zero-order valence-corrected chi connectivity index (χ0v) is 14.8. The molecule has 118 valence electrons. The molecular formula is C11H12BrClFNO4S2. The van der Waals surface area contributed by atoms with Crippen LogP contribution in [0.5, 0.6) is 0 Å². The molecule has 10 heteroatoms. The van der Waals surface area contributed by atoms with Crippen molar-refractivity contribution in [2.45, 2.75) is 11.3 Å². The van der Waals surface area contributed by atoms with Gasteiger partial charge in [-0.15, -0.1) is 0 Å². The van der Waals surface area contributed by atoms with Gasteiger partial charge in [-0.1, -0.05) is 0 Å². The fraction of sp³-hybridized carbons (Fsp3) is 0.364. The minimum atomic E-state index is -4.18. The van der Waals surface area contributed by atoms with Crippen molar-refractivity contribution in [1.82, 2.24) is 5.32 Å². The first-order valence-corrected chi connectivity index (χ1v) is 10.5. The van der Waals surface area contributed by atoms with Crippen LogP contribution >= 0.6 is 26.6 Å². The van der Waals surface area contributed by atoms with Gasteiger partial charge in [-0.25, -0.2) is 12.8 Å². The van der Waals surface area contributed by atoms with Gasteiger partial charge in [0.2, 0.25) is 0 Å². The average Bonchev–Trinajstić information content (AvgIpc) is 2.35. The molecule has 0 spiro atoms. The Morgan fingerprint density at radius 1 is 1.48 bits per heavy atom. The zero-order valence-electron chi connectivity index (χ0n) is 10.9. The number of carbonyl (C=O) groups excluding carboxylic acids is 1. The minimum Gasteiger partial charge on any atom is -0.352 e. The highest BCUT2D eigenvalue weighted by molar-refractivity contribution is 9.10. The summed E-state index contributed by atoms with van der Waals surface area (Å²) in [4.78, 5) is 11.4. The predicted molar refractivity (Wildman–Crippen MR) is 83.0 cm³/mol. The highest BCUT2D eigenvalue weighted by Crippen LogP contribution is 2.29. The second-order valence-corrected chi connectivity index (χ2v) is 8.97. The molecule has 0 saturated carbocycles. The zero-order chi connectivity index (χ0) is 16.2. The topological polar surface area (TPSA) is 80.3 Å². The lowest BCUT2D eigenvalue weighted by molar-refractivity contribution is 0.0952. The number of nitrogens with one attached hydrogen (secondary N) is 1. The first-order valence-electron chi connectivity index (χ1n) is 5.65. The Morgan fingerprint density at radius 2 is 2.10 bits per heavy atom. The first kappa shape index (κ1) is 18.5. The molecule has 1 atom stereocenters. The predicted octanol–water partition coefficient (Wildman–Crippen LogP) is 2.01. The normalized spacial score (nSPS) is 13.0. The Bertz CT molecular complexity index is 681. The van der Waals surface area contributed by atoms with Crippen molar-refractivity contribution in [3.8, 4) is 0 Å². The molecule has 0 radical (unpaired) electrons. The van der Waals surface area contributed by atoms with Crippen LogP contribution in [0.15, 0.2) is 21.5 Å². The van der Waals surface area contributed by atoms with Gasteiger partial charge in [-0.05, 0) is 34.5 Å². The highest BCUT2D eigenvalue weighted by Gasteiger charge is 2.22. The SMILES string of the molecule is CS(=O)CCCNC(=O)c1cc(F)cc(S(=O)(=O)Cl)c1Br. The summed E-state index contributed by atoms with van der Waals surface area (Å²) in [6.45, 7) is 0.240. The Labute approximate surface area is 137 Å². The van der Waals surface area contributed by atoms with E-state index < -0.39 is 36.5 Å². The Hall–Kier alpha value is -0.510. The lowest BCUT2D eigenvalue weighted by atomic mass is 10.2. The van der Waals surface area contributed by atoms with Crippen molar-refractivity contribution in [3.05, 3.63) is 28.0 Å². The molecule has 0 fully saturated rings. The molecule has 1 aromatic rings. The largest absolute Gasteiger partial charge is 0.352 e. The Kier molecular flexibility index (Phi) is 6.76. The maximum atomic E-state index is 13.4. The highest BCUT2D eigenvalue weighted by atomic mass is 79.9. The van der Waals surface area contributed by atoms with Crippen LogP contribution < -0.4 is 5.32 Å². The van der Waals surface area contributed by atoms with E-state index in [1.807, 2.05) is 0 Å². The van der Waals surface area contributed by atoms with Crippen LogP contribution in [0.2, 0.25) is 0 Å². The monoisotopic (exact) mass is 419 g/mol. The van der Waals surface area contributed by atoms with Crippen LogP contribution in [-0.4, -0.2) is 37.1 Å². The summed E-state index contributed by atoms with van der Waals surface area (Å²) in [6, 6.07) is 1.63. The summed E-state index contributed by atoms with van der Waals surface area (Å²) in [7, 11) is 0.0353. The molecule has 0 bridgehead atoms. The van der Waals surface area contributed by atoms with E-state index in [4.69, 9.17) is 10.7 Å².